The van der Waals surface area contributed by atoms with Crippen molar-refractivity contribution in [3.8, 4) is 0 Å². The SMILES string of the molecule is CCOC(=O)C(C)N1CCCC(C(C)O)C1. The number of piperidine rings is 1. The van der Waals surface area contributed by atoms with Crippen LogP contribution >= 0.6 is 0 Å². The number of aliphatic hydroxyl groups is 1. The molecule has 1 fully saturated rings. The lowest BCUT2D eigenvalue weighted by Gasteiger charge is -2.36. The smallest absolute Gasteiger partial charge is 0.323 e. The summed E-state index contributed by atoms with van der Waals surface area (Å²) in [5.74, 6) is 0.124. The van der Waals surface area contributed by atoms with Gasteiger partial charge in [-0.15, -0.1) is 0 Å². The van der Waals surface area contributed by atoms with Crippen LogP contribution in [0, 0.1) is 5.92 Å². The summed E-state index contributed by atoms with van der Waals surface area (Å²) in [6, 6.07) is -0.193. The summed E-state index contributed by atoms with van der Waals surface area (Å²) in [4.78, 5) is 13.7. The summed E-state index contributed by atoms with van der Waals surface area (Å²) < 4.78 is 5.01. The normalized spacial score (nSPS) is 26.1. The Balaban J connectivity index is 2.49. The van der Waals surface area contributed by atoms with E-state index in [0.717, 1.165) is 25.9 Å². The highest BCUT2D eigenvalue weighted by molar-refractivity contribution is 5.75. The summed E-state index contributed by atoms with van der Waals surface area (Å²) in [5, 5.41) is 9.58. The topological polar surface area (TPSA) is 49.8 Å². The lowest BCUT2D eigenvalue weighted by molar-refractivity contribution is -0.150. The van der Waals surface area contributed by atoms with E-state index >= 15 is 0 Å². The highest BCUT2D eigenvalue weighted by Crippen LogP contribution is 2.21. The molecule has 0 bridgehead atoms. The molecule has 94 valence electrons. The van der Waals surface area contributed by atoms with E-state index in [1.807, 2.05) is 20.8 Å². The van der Waals surface area contributed by atoms with Crippen LogP contribution in [-0.4, -0.2) is 47.8 Å². The maximum atomic E-state index is 11.6. The minimum Gasteiger partial charge on any atom is -0.465 e. The van der Waals surface area contributed by atoms with Gasteiger partial charge in [-0.05, 0) is 46.1 Å². The third kappa shape index (κ3) is 3.46. The van der Waals surface area contributed by atoms with Gasteiger partial charge in [0.15, 0.2) is 0 Å². The lowest BCUT2D eigenvalue weighted by atomic mass is 9.92. The first-order valence-corrected chi connectivity index (χ1v) is 6.15. The minimum absolute atomic E-state index is 0.159. The molecule has 3 unspecified atom stereocenters. The largest absolute Gasteiger partial charge is 0.465 e. The molecule has 0 aromatic heterocycles. The van der Waals surface area contributed by atoms with Crippen molar-refractivity contribution in [2.75, 3.05) is 19.7 Å². The van der Waals surface area contributed by atoms with Gasteiger partial charge in [0.05, 0.1) is 12.7 Å². The Hall–Kier alpha value is -0.610. The molecular weight excluding hydrogens is 206 g/mol. The molecule has 0 amide bonds. The van der Waals surface area contributed by atoms with E-state index in [1.54, 1.807) is 0 Å². The Morgan fingerprint density at radius 3 is 2.81 bits per heavy atom. The number of carbonyl (C=O) groups excluding carboxylic acids is 1. The van der Waals surface area contributed by atoms with E-state index in [-0.39, 0.29) is 24.0 Å². The van der Waals surface area contributed by atoms with Crippen LogP contribution in [0.25, 0.3) is 0 Å². The molecule has 1 heterocycles. The summed E-state index contributed by atoms with van der Waals surface area (Å²) in [6.07, 6.45) is 1.79. The molecule has 1 N–H and O–H groups in total. The molecule has 1 aliphatic heterocycles. The first-order valence-electron chi connectivity index (χ1n) is 6.15. The molecule has 4 heteroatoms. The minimum atomic E-state index is -0.294. The van der Waals surface area contributed by atoms with Gasteiger partial charge in [-0.1, -0.05) is 0 Å². The second kappa shape index (κ2) is 6.21. The first-order chi connectivity index (χ1) is 7.56. The Bertz CT molecular complexity index is 230. The molecule has 1 saturated heterocycles. The molecule has 1 aliphatic rings. The molecule has 0 radical (unpaired) electrons. The summed E-state index contributed by atoms with van der Waals surface area (Å²) in [7, 11) is 0. The third-order valence-corrected chi connectivity index (χ3v) is 3.35. The quantitative estimate of drug-likeness (QED) is 0.732. The van der Waals surface area contributed by atoms with E-state index < -0.39 is 0 Å². The van der Waals surface area contributed by atoms with Gasteiger partial charge in [0.2, 0.25) is 0 Å². The van der Waals surface area contributed by atoms with Crippen molar-refractivity contribution >= 4 is 5.97 Å². The number of carbonyl (C=O) groups is 1. The van der Waals surface area contributed by atoms with Crippen LogP contribution < -0.4 is 0 Å². The number of likely N-dealkylation sites (tertiary alicyclic amines) is 1. The van der Waals surface area contributed by atoms with Crippen LogP contribution in [0.15, 0.2) is 0 Å². The fraction of sp³-hybridized carbons (Fsp3) is 0.917. The van der Waals surface area contributed by atoms with Crippen LogP contribution in [0.1, 0.15) is 33.6 Å². The van der Waals surface area contributed by atoms with Gasteiger partial charge in [0.1, 0.15) is 6.04 Å². The maximum absolute atomic E-state index is 11.6. The molecule has 1 rings (SSSR count). The summed E-state index contributed by atoms with van der Waals surface area (Å²) in [6.45, 7) is 7.66. The van der Waals surface area contributed by atoms with Gasteiger partial charge in [0, 0.05) is 6.54 Å². The Morgan fingerprint density at radius 1 is 1.56 bits per heavy atom. The highest BCUT2D eigenvalue weighted by atomic mass is 16.5. The Labute approximate surface area is 97.6 Å². The third-order valence-electron chi connectivity index (χ3n) is 3.35. The fourth-order valence-corrected chi connectivity index (χ4v) is 2.20. The van der Waals surface area contributed by atoms with Crippen molar-refractivity contribution in [3.05, 3.63) is 0 Å². The summed E-state index contributed by atoms with van der Waals surface area (Å²) >= 11 is 0. The Morgan fingerprint density at radius 2 is 2.25 bits per heavy atom. The fourth-order valence-electron chi connectivity index (χ4n) is 2.20. The van der Waals surface area contributed by atoms with Crippen molar-refractivity contribution in [1.82, 2.24) is 4.90 Å². The van der Waals surface area contributed by atoms with Gasteiger partial charge >= 0.3 is 5.97 Å². The van der Waals surface area contributed by atoms with Gasteiger partial charge in [-0.2, -0.15) is 0 Å². The van der Waals surface area contributed by atoms with E-state index in [0.29, 0.717) is 6.61 Å². The van der Waals surface area contributed by atoms with Crippen molar-refractivity contribution in [2.24, 2.45) is 5.92 Å². The molecule has 0 aromatic rings. The number of ether oxygens (including phenoxy) is 1. The van der Waals surface area contributed by atoms with Gasteiger partial charge in [-0.25, -0.2) is 0 Å². The molecule has 4 nitrogen and oxygen atoms in total. The average Bonchev–Trinajstić information content (AvgIpc) is 2.28. The van der Waals surface area contributed by atoms with E-state index in [4.69, 9.17) is 4.74 Å². The maximum Gasteiger partial charge on any atom is 0.323 e. The first kappa shape index (κ1) is 13.5. The van der Waals surface area contributed by atoms with Crippen LogP contribution in [0.5, 0.6) is 0 Å². The predicted octanol–water partition coefficient (Wildman–Crippen LogP) is 1.03. The predicted molar refractivity (Wildman–Crippen MR) is 62.1 cm³/mol. The van der Waals surface area contributed by atoms with Crippen LogP contribution in [0.4, 0.5) is 0 Å². The lowest BCUT2D eigenvalue weighted by Crippen LogP contribution is -2.47. The molecule has 16 heavy (non-hydrogen) atoms. The number of hydrogen-bond acceptors (Lipinski definition) is 4. The van der Waals surface area contributed by atoms with Gasteiger partial charge in [0.25, 0.3) is 0 Å². The zero-order valence-corrected chi connectivity index (χ0v) is 10.5. The molecular formula is C12H23NO3. The van der Waals surface area contributed by atoms with Gasteiger partial charge in [-0.3, -0.25) is 9.69 Å². The van der Waals surface area contributed by atoms with Gasteiger partial charge < -0.3 is 9.84 Å². The molecule has 0 aromatic carbocycles. The second-order valence-corrected chi connectivity index (χ2v) is 4.57. The number of aliphatic hydroxyl groups excluding tert-OH is 1. The summed E-state index contributed by atoms with van der Waals surface area (Å²) in [5.41, 5.74) is 0. The average molecular weight is 229 g/mol. The molecule has 0 saturated carbocycles. The number of rotatable bonds is 4. The van der Waals surface area contributed by atoms with Crippen LogP contribution in [-0.2, 0) is 9.53 Å². The standard InChI is InChI=1S/C12H23NO3/c1-4-16-12(15)9(2)13-7-5-6-11(8-13)10(3)14/h9-11,14H,4-8H2,1-3H3. The van der Waals surface area contributed by atoms with E-state index in [9.17, 15) is 9.90 Å². The number of nitrogens with zero attached hydrogens (tertiary/aromatic N) is 1. The monoisotopic (exact) mass is 229 g/mol. The molecule has 0 aliphatic carbocycles. The van der Waals surface area contributed by atoms with Crippen molar-refractivity contribution in [3.63, 3.8) is 0 Å². The molecule has 3 atom stereocenters. The molecule has 0 spiro atoms. The Kier molecular flexibility index (Phi) is 5.22. The highest BCUT2D eigenvalue weighted by Gasteiger charge is 2.29. The van der Waals surface area contributed by atoms with Crippen LogP contribution in [0.3, 0.4) is 0 Å². The van der Waals surface area contributed by atoms with Crippen molar-refractivity contribution in [1.29, 1.82) is 0 Å². The zero-order chi connectivity index (χ0) is 12.1. The van der Waals surface area contributed by atoms with E-state index in [2.05, 4.69) is 4.90 Å². The van der Waals surface area contributed by atoms with Crippen molar-refractivity contribution < 1.29 is 14.6 Å². The van der Waals surface area contributed by atoms with E-state index in [1.165, 1.54) is 0 Å². The second-order valence-electron chi connectivity index (χ2n) is 4.57. The van der Waals surface area contributed by atoms with Crippen molar-refractivity contribution in [2.45, 2.75) is 45.8 Å². The zero-order valence-electron chi connectivity index (χ0n) is 10.5. The van der Waals surface area contributed by atoms with Crippen LogP contribution in [0.2, 0.25) is 0 Å². The number of esters is 1. The number of hydrogen-bond donors (Lipinski definition) is 1.